The molecule has 136 valence electrons. The highest BCUT2D eigenvalue weighted by molar-refractivity contribution is 7.86. The molecule has 8 heteroatoms. The minimum absolute atomic E-state index is 0.196. The topological polar surface area (TPSA) is 53.1 Å². The predicted molar refractivity (Wildman–Crippen MR) is 93.2 cm³/mol. The molecule has 0 spiro atoms. The van der Waals surface area contributed by atoms with Gasteiger partial charge in [0.25, 0.3) is 10.2 Å². The van der Waals surface area contributed by atoms with Crippen molar-refractivity contribution in [2.75, 3.05) is 51.8 Å². The van der Waals surface area contributed by atoms with Crippen molar-refractivity contribution >= 4 is 15.9 Å². The minimum atomic E-state index is -3.40. The van der Waals surface area contributed by atoms with Crippen LogP contribution in [-0.4, -0.2) is 63.9 Å². The summed E-state index contributed by atoms with van der Waals surface area (Å²) in [4.78, 5) is 2.04. The van der Waals surface area contributed by atoms with Gasteiger partial charge in [0.15, 0.2) is 11.6 Å². The van der Waals surface area contributed by atoms with Crippen LogP contribution in [0.25, 0.3) is 0 Å². The Morgan fingerprint density at radius 3 is 2.50 bits per heavy atom. The summed E-state index contributed by atoms with van der Waals surface area (Å²) in [7, 11) is -0.348. The number of unbranched alkanes of at least 4 members (excludes halogenated alkanes) is 1. The Balaban J connectivity index is 2.00. The van der Waals surface area contributed by atoms with E-state index in [1.807, 2.05) is 11.8 Å². The summed E-state index contributed by atoms with van der Waals surface area (Å²) in [6.07, 6.45) is 1.81. The Morgan fingerprint density at radius 2 is 1.92 bits per heavy atom. The molecule has 1 saturated heterocycles. The largest absolute Gasteiger partial charge is 0.494 e. The number of anilines is 1. The lowest BCUT2D eigenvalue weighted by Gasteiger charge is -2.37. The Bertz CT molecular complexity index is 646. The van der Waals surface area contributed by atoms with Crippen LogP contribution in [0.1, 0.15) is 19.8 Å². The first-order valence-corrected chi connectivity index (χ1v) is 9.59. The highest BCUT2D eigenvalue weighted by Crippen LogP contribution is 2.25. The monoisotopic (exact) mass is 359 g/mol. The SMILES string of the molecule is CCCCN(C)S(=O)(=O)N1CCN(c2ccc(F)c(OC)c2)CC1. The van der Waals surface area contributed by atoms with Gasteiger partial charge in [-0.1, -0.05) is 13.3 Å². The van der Waals surface area contributed by atoms with Crippen LogP contribution in [-0.2, 0) is 10.2 Å². The molecule has 1 aromatic carbocycles. The van der Waals surface area contributed by atoms with Crippen LogP contribution in [0, 0.1) is 5.82 Å². The van der Waals surface area contributed by atoms with E-state index < -0.39 is 16.0 Å². The standard InChI is InChI=1S/C16H26FN3O3S/c1-4-5-8-18(2)24(21,22)20-11-9-19(10-12-20)14-6-7-15(17)16(13-14)23-3/h6-7,13H,4-5,8-12H2,1-3H3. The lowest BCUT2D eigenvalue weighted by molar-refractivity contribution is 0.340. The van der Waals surface area contributed by atoms with E-state index in [-0.39, 0.29) is 5.75 Å². The van der Waals surface area contributed by atoms with E-state index >= 15 is 0 Å². The molecular formula is C16H26FN3O3S. The molecule has 1 aliphatic rings. The van der Waals surface area contributed by atoms with Crippen LogP contribution in [0.5, 0.6) is 5.75 Å². The Labute approximate surface area is 144 Å². The summed E-state index contributed by atoms with van der Waals surface area (Å²) in [5, 5.41) is 0. The summed E-state index contributed by atoms with van der Waals surface area (Å²) < 4.78 is 46.5. The third kappa shape index (κ3) is 4.17. The number of hydrogen-bond donors (Lipinski definition) is 0. The van der Waals surface area contributed by atoms with Gasteiger partial charge in [-0.15, -0.1) is 0 Å². The van der Waals surface area contributed by atoms with Gasteiger partial charge >= 0.3 is 0 Å². The van der Waals surface area contributed by atoms with Gasteiger partial charge in [-0.25, -0.2) is 4.39 Å². The molecule has 6 nitrogen and oxygen atoms in total. The van der Waals surface area contributed by atoms with Crippen LogP contribution in [0.3, 0.4) is 0 Å². The highest BCUT2D eigenvalue weighted by Gasteiger charge is 2.30. The van der Waals surface area contributed by atoms with Gasteiger partial charge in [0.1, 0.15) is 0 Å². The number of rotatable bonds is 7. The van der Waals surface area contributed by atoms with E-state index in [0.717, 1.165) is 18.5 Å². The Morgan fingerprint density at radius 1 is 1.25 bits per heavy atom. The summed E-state index contributed by atoms with van der Waals surface area (Å²) in [6.45, 7) is 4.53. The fraction of sp³-hybridized carbons (Fsp3) is 0.625. The second-order valence-electron chi connectivity index (χ2n) is 5.89. The first kappa shape index (κ1) is 19.0. The molecule has 0 radical (unpaired) electrons. The number of ether oxygens (including phenoxy) is 1. The van der Waals surface area contributed by atoms with E-state index in [2.05, 4.69) is 0 Å². The number of halogens is 1. The summed E-state index contributed by atoms with van der Waals surface area (Å²) in [6, 6.07) is 4.71. The average molecular weight is 359 g/mol. The minimum Gasteiger partial charge on any atom is -0.494 e. The number of piperazine rings is 1. The zero-order chi connectivity index (χ0) is 17.7. The van der Waals surface area contributed by atoms with Crippen molar-refractivity contribution in [3.05, 3.63) is 24.0 Å². The maximum absolute atomic E-state index is 13.5. The Hall–Kier alpha value is -1.38. The van der Waals surface area contributed by atoms with Crippen LogP contribution < -0.4 is 9.64 Å². The van der Waals surface area contributed by atoms with Crippen LogP contribution >= 0.6 is 0 Å². The molecule has 0 amide bonds. The normalized spacial score (nSPS) is 16.6. The van der Waals surface area contributed by atoms with E-state index in [1.54, 1.807) is 19.2 Å². The van der Waals surface area contributed by atoms with Crippen LogP contribution in [0.4, 0.5) is 10.1 Å². The zero-order valence-electron chi connectivity index (χ0n) is 14.5. The molecule has 0 aromatic heterocycles. The van der Waals surface area contributed by atoms with Gasteiger partial charge in [0.2, 0.25) is 0 Å². The highest BCUT2D eigenvalue weighted by atomic mass is 32.2. The lowest BCUT2D eigenvalue weighted by atomic mass is 10.2. The first-order valence-electron chi connectivity index (χ1n) is 8.20. The average Bonchev–Trinajstić information content (AvgIpc) is 2.60. The molecule has 1 aliphatic heterocycles. The summed E-state index contributed by atoms with van der Waals surface area (Å²) in [5.74, 6) is -0.207. The number of hydrogen-bond acceptors (Lipinski definition) is 4. The lowest BCUT2D eigenvalue weighted by Crippen LogP contribution is -2.52. The fourth-order valence-corrected chi connectivity index (χ4v) is 4.09. The van der Waals surface area contributed by atoms with Gasteiger partial charge in [-0.05, 0) is 18.6 Å². The fourth-order valence-electron chi connectivity index (χ4n) is 2.72. The molecule has 1 heterocycles. The number of benzene rings is 1. The molecule has 1 aromatic rings. The molecule has 0 saturated carbocycles. The van der Waals surface area contributed by atoms with E-state index in [4.69, 9.17) is 4.74 Å². The van der Waals surface area contributed by atoms with Crippen molar-refractivity contribution in [2.45, 2.75) is 19.8 Å². The van der Waals surface area contributed by atoms with E-state index in [0.29, 0.717) is 32.7 Å². The van der Waals surface area contributed by atoms with E-state index in [9.17, 15) is 12.8 Å². The Kier molecular flexibility index (Phi) is 6.42. The number of methoxy groups -OCH3 is 1. The zero-order valence-corrected chi connectivity index (χ0v) is 15.4. The second-order valence-corrected chi connectivity index (χ2v) is 7.92. The second kappa shape index (κ2) is 8.13. The van der Waals surface area contributed by atoms with Crippen molar-refractivity contribution < 1.29 is 17.5 Å². The van der Waals surface area contributed by atoms with Gasteiger partial charge in [0, 0.05) is 51.5 Å². The van der Waals surface area contributed by atoms with Gasteiger partial charge in [0.05, 0.1) is 7.11 Å². The first-order chi connectivity index (χ1) is 11.4. The molecule has 0 N–H and O–H groups in total. The van der Waals surface area contributed by atoms with Gasteiger partial charge in [-0.2, -0.15) is 17.0 Å². The predicted octanol–water partition coefficient (Wildman–Crippen LogP) is 1.93. The van der Waals surface area contributed by atoms with Crippen LogP contribution in [0.2, 0.25) is 0 Å². The van der Waals surface area contributed by atoms with Crippen LogP contribution in [0.15, 0.2) is 18.2 Å². The third-order valence-electron chi connectivity index (χ3n) is 4.29. The van der Waals surface area contributed by atoms with Gasteiger partial charge < -0.3 is 9.64 Å². The van der Waals surface area contributed by atoms with Gasteiger partial charge in [-0.3, -0.25) is 0 Å². The summed E-state index contributed by atoms with van der Waals surface area (Å²) >= 11 is 0. The van der Waals surface area contributed by atoms with E-state index in [1.165, 1.54) is 21.8 Å². The molecule has 0 atom stereocenters. The maximum atomic E-state index is 13.5. The smallest absolute Gasteiger partial charge is 0.281 e. The molecule has 0 aliphatic carbocycles. The summed E-state index contributed by atoms with van der Waals surface area (Å²) in [5.41, 5.74) is 0.838. The maximum Gasteiger partial charge on any atom is 0.281 e. The van der Waals surface area contributed by atoms with Crippen molar-refractivity contribution in [1.29, 1.82) is 0 Å². The molecule has 2 rings (SSSR count). The molecular weight excluding hydrogens is 333 g/mol. The van der Waals surface area contributed by atoms with Crippen molar-refractivity contribution in [2.24, 2.45) is 0 Å². The quantitative estimate of drug-likeness (QED) is 0.747. The molecule has 24 heavy (non-hydrogen) atoms. The van der Waals surface area contributed by atoms with Crippen molar-refractivity contribution in [3.8, 4) is 5.75 Å². The number of nitrogens with zero attached hydrogens (tertiary/aromatic N) is 3. The third-order valence-corrected chi connectivity index (χ3v) is 6.27. The molecule has 1 fully saturated rings. The van der Waals surface area contributed by atoms with Crippen molar-refractivity contribution in [1.82, 2.24) is 8.61 Å². The molecule has 0 unspecified atom stereocenters. The van der Waals surface area contributed by atoms with Crippen molar-refractivity contribution in [3.63, 3.8) is 0 Å². The molecule has 0 bridgehead atoms.